The van der Waals surface area contributed by atoms with Gasteiger partial charge in [0.15, 0.2) is 0 Å². The van der Waals surface area contributed by atoms with Gasteiger partial charge in [0.05, 0.1) is 21.6 Å². The predicted octanol–water partition coefficient (Wildman–Crippen LogP) is 2.93. The highest BCUT2D eigenvalue weighted by Crippen LogP contribution is 2.36. The van der Waals surface area contributed by atoms with Crippen LogP contribution in [-0.4, -0.2) is 53.6 Å². The average Bonchev–Trinajstić information content (AvgIpc) is 3.05. The van der Waals surface area contributed by atoms with Gasteiger partial charge in [0.25, 0.3) is 0 Å². The Bertz CT molecular complexity index is 1100. The maximum absolute atomic E-state index is 13.0. The largest absolute Gasteiger partial charge is 0.477 e. The molecule has 1 fully saturated rings. The minimum absolute atomic E-state index is 0.178. The van der Waals surface area contributed by atoms with Gasteiger partial charge in [-0.1, -0.05) is 11.6 Å². The second-order valence-corrected chi connectivity index (χ2v) is 7.91. The van der Waals surface area contributed by atoms with Crippen LogP contribution in [0.25, 0.3) is 15.7 Å². The van der Waals surface area contributed by atoms with Crippen LogP contribution in [0.2, 0.25) is 5.02 Å². The first-order valence-electron chi connectivity index (χ1n) is 8.31. The van der Waals surface area contributed by atoms with Gasteiger partial charge in [-0.2, -0.15) is 0 Å². The molecule has 6 nitrogen and oxygen atoms in total. The molecule has 0 aliphatic carbocycles. The summed E-state index contributed by atoms with van der Waals surface area (Å²) >= 11 is 7.86. The first-order valence-corrected chi connectivity index (χ1v) is 9.57. The highest BCUT2D eigenvalue weighted by molar-refractivity contribution is 7.16. The van der Waals surface area contributed by atoms with Crippen LogP contribution >= 0.6 is 22.9 Å². The number of carbonyl (C=O) groups is 1. The second kappa shape index (κ2) is 6.26. The molecule has 26 heavy (non-hydrogen) atoms. The number of aryl methyl sites for hydroxylation is 1. The quantitative estimate of drug-likeness (QED) is 0.727. The van der Waals surface area contributed by atoms with Crippen LogP contribution in [0.5, 0.6) is 0 Å². The van der Waals surface area contributed by atoms with Crippen molar-refractivity contribution in [3.8, 4) is 0 Å². The normalized spacial score (nSPS) is 15.9. The molecular weight excluding hydrogens is 374 g/mol. The fourth-order valence-electron chi connectivity index (χ4n) is 3.71. The molecule has 0 saturated carbocycles. The summed E-state index contributed by atoms with van der Waals surface area (Å²) in [5.41, 5.74) is 1.60. The standard InChI is InChI=1S/C18H18ClN3O3S/c1-10-13-12(9-11(19)15(10)21-5-3-20(2)4-6-21)22-7-8-26-17(22)14(16(13)23)18(24)25/h7-9H,3-6H2,1-2H3,(H,24,25). The number of piperazine rings is 1. The average molecular weight is 392 g/mol. The molecule has 0 spiro atoms. The molecule has 4 rings (SSSR count). The lowest BCUT2D eigenvalue weighted by Gasteiger charge is -2.35. The Morgan fingerprint density at radius 2 is 1.96 bits per heavy atom. The number of thiazole rings is 1. The minimum atomic E-state index is -1.20. The van der Waals surface area contributed by atoms with E-state index in [4.69, 9.17) is 11.6 Å². The zero-order valence-electron chi connectivity index (χ0n) is 14.5. The minimum Gasteiger partial charge on any atom is -0.477 e. The molecule has 0 radical (unpaired) electrons. The molecule has 1 aliphatic rings. The molecule has 1 aliphatic heterocycles. The van der Waals surface area contributed by atoms with Gasteiger partial charge in [-0.05, 0) is 25.6 Å². The zero-order chi connectivity index (χ0) is 18.6. The summed E-state index contributed by atoms with van der Waals surface area (Å²) in [5.74, 6) is -1.20. The topological polar surface area (TPSA) is 65.3 Å². The lowest BCUT2D eigenvalue weighted by Crippen LogP contribution is -2.45. The van der Waals surface area contributed by atoms with E-state index in [0.717, 1.165) is 37.4 Å². The first-order chi connectivity index (χ1) is 12.4. The monoisotopic (exact) mass is 391 g/mol. The highest BCUT2D eigenvalue weighted by atomic mass is 35.5. The number of carboxylic acids is 1. The van der Waals surface area contributed by atoms with Gasteiger partial charge in [0.1, 0.15) is 10.4 Å². The third-order valence-electron chi connectivity index (χ3n) is 5.05. The van der Waals surface area contributed by atoms with Crippen molar-refractivity contribution in [3.63, 3.8) is 0 Å². The maximum Gasteiger partial charge on any atom is 0.342 e. The van der Waals surface area contributed by atoms with E-state index in [1.165, 1.54) is 11.3 Å². The lowest BCUT2D eigenvalue weighted by atomic mass is 10.0. The van der Waals surface area contributed by atoms with Crippen LogP contribution in [0.1, 0.15) is 15.9 Å². The molecule has 8 heteroatoms. The van der Waals surface area contributed by atoms with Gasteiger partial charge in [0, 0.05) is 37.8 Å². The van der Waals surface area contributed by atoms with Crippen molar-refractivity contribution < 1.29 is 9.90 Å². The number of benzene rings is 1. The molecule has 3 heterocycles. The molecule has 2 aromatic heterocycles. The smallest absolute Gasteiger partial charge is 0.342 e. The molecule has 1 N–H and O–H groups in total. The Labute approximate surface area is 158 Å². The Hall–Kier alpha value is -2.09. The number of nitrogens with zero attached hydrogens (tertiary/aromatic N) is 3. The van der Waals surface area contributed by atoms with Crippen LogP contribution in [0.4, 0.5) is 5.69 Å². The number of halogens is 1. The second-order valence-electron chi connectivity index (χ2n) is 6.60. The van der Waals surface area contributed by atoms with E-state index >= 15 is 0 Å². The molecule has 3 aromatic rings. The van der Waals surface area contributed by atoms with E-state index in [-0.39, 0.29) is 5.56 Å². The van der Waals surface area contributed by atoms with Crippen LogP contribution in [-0.2, 0) is 0 Å². The number of likely N-dealkylation sites (N-methyl/N-ethyl adjacent to an activating group) is 1. The predicted molar refractivity (Wildman–Crippen MR) is 105 cm³/mol. The third kappa shape index (κ3) is 2.50. The van der Waals surface area contributed by atoms with Crippen molar-refractivity contribution in [2.45, 2.75) is 6.92 Å². The van der Waals surface area contributed by atoms with Crippen LogP contribution in [0.15, 0.2) is 22.4 Å². The Kier molecular flexibility index (Phi) is 4.17. The van der Waals surface area contributed by atoms with E-state index in [0.29, 0.717) is 20.8 Å². The number of aromatic nitrogens is 1. The van der Waals surface area contributed by atoms with Crippen LogP contribution in [0, 0.1) is 6.92 Å². The number of pyridine rings is 1. The zero-order valence-corrected chi connectivity index (χ0v) is 16.0. The van der Waals surface area contributed by atoms with Crippen molar-refractivity contribution >= 4 is 50.3 Å². The summed E-state index contributed by atoms with van der Waals surface area (Å²) < 4.78 is 1.75. The lowest BCUT2D eigenvalue weighted by molar-refractivity contribution is 0.0697. The summed E-state index contributed by atoms with van der Waals surface area (Å²) in [6, 6.07) is 1.78. The van der Waals surface area contributed by atoms with Gasteiger partial charge in [0.2, 0.25) is 5.43 Å². The molecule has 0 atom stereocenters. The molecule has 0 amide bonds. The van der Waals surface area contributed by atoms with Gasteiger partial charge in [-0.25, -0.2) is 4.79 Å². The summed E-state index contributed by atoms with van der Waals surface area (Å²) in [4.78, 5) is 29.6. The highest BCUT2D eigenvalue weighted by Gasteiger charge is 2.25. The van der Waals surface area contributed by atoms with E-state index in [2.05, 4.69) is 16.8 Å². The van der Waals surface area contributed by atoms with Gasteiger partial charge in [-0.15, -0.1) is 11.3 Å². The number of fused-ring (bicyclic) bond motifs is 3. The van der Waals surface area contributed by atoms with E-state index < -0.39 is 11.4 Å². The first kappa shape index (κ1) is 17.3. The third-order valence-corrected chi connectivity index (χ3v) is 6.22. The van der Waals surface area contributed by atoms with Crippen molar-refractivity contribution in [2.24, 2.45) is 0 Å². The summed E-state index contributed by atoms with van der Waals surface area (Å²) in [5, 5.41) is 12.4. The maximum atomic E-state index is 13.0. The van der Waals surface area contributed by atoms with Gasteiger partial charge in [-0.3, -0.25) is 4.79 Å². The van der Waals surface area contributed by atoms with Crippen molar-refractivity contribution in [1.82, 2.24) is 9.30 Å². The van der Waals surface area contributed by atoms with E-state index in [9.17, 15) is 14.7 Å². The fraction of sp³-hybridized carbons (Fsp3) is 0.333. The molecular formula is C18H18ClN3O3S. The number of aromatic carboxylic acids is 1. The van der Waals surface area contributed by atoms with E-state index in [1.54, 1.807) is 22.0 Å². The van der Waals surface area contributed by atoms with Gasteiger partial charge < -0.3 is 19.3 Å². The summed E-state index contributed by atoms with van der Waals surface area (Å²) in [6.45, 7) is 5.31. The Morgan fingerprint density at radius 3 is 2.62 bits per heavy atom. The number of anilines is 1. The molecule has 0 bridgehead atoms. The van der Waals surface area contributed by atoms with Crippen LogP contribution < -0.4 is 10.3 Å². The number of rotatable bonds is 2. The van der Waals surface area contributed by atoms with Crippen LogP contribution in [0.3, 0.4) is 0 Å². The van der Waals surface area contributed by atoms with Crippen molar-refractivity contribution in [3.05, 3.63) is 44.0 Å². The summed E-state index contributed by atoms with van der Waals surface area (Å²) in [6.07, 6.45) is 1.78. The van der Waals surface area contributed by atoms with Crippen molar-refractivity contribution in [1.29, 1.82) is 0 Å². The Balaban J connectivity index is 2.06. The SMILES string of the molecule is Cc1c(N2CCN(C)CC2)c(Cl)cc2c1c(=O)c(C(=O)O)c1sccn12. The van der Waals surface area contributed by atoms with Gasteiger partial charge >= 0.3 is 5.97 Å². The number of carboxylic acid groups (broad SMARTS) is 1. The molecule has 136 valence electrons. The molecule has 1 aromatic carbocycles. The number of hydrogen-bond acceptors (Lipinski definition) is 5. The summed E-state index contributed by atoms with van der Waals surface area (Å²) in [7, 11) is 2.07. The van der Waals surface area contributed by atoms with Crippen molar-refractivity contribution in [2.75, 3.05) is 38.1 Å². The molecule has 1 saturated heterocycles. The Morgan fingerprint density at radius 1 is 1.27 bits per heavy atom. The number of hydrogen-bond donors (Lipinski definition) is 1. The fourth-order valence-corrected chi connectivity index (χ4v) is 4.95. The van der Waals surface area contributed by atoms with E-state index in [1.807, 2.05) is 6.92 Å². The molecule has 0 unspecified atom stereocenters.